The van der Waals surface area contributed by atoms with Crippen molar-refractivity contribution in [3.63, 3.8) is 0 Å². The van der Waals surface area contributed by atoms with Crippen LogP contribution >= 0.6 is 24.0 Å². The van der Waals surface area contributed by atoms with Gasteiger partial charge in [-0.2, -0.15) is 0 Å². The van der Waals surface area contributed by atoms with Crippen LogP contribution in [0.25, 0.3) is 0 Å². The lowest BCUT2D eigenvalue weighted by Gasteiger charge is -2.38. The Morgan fingerprint density at radius 2 is 2.03 bits per heavy atom. The number of hydrogen-bond acceptors (Lipinski definition) is 3. The summed E-state index contributed by atoms with van der Waals surface area (Å²) in [5.74, 6) is 0.862. The molecule has 30 heavy (non-hydrogen) atoms. The van der Waals surface area contributed by atoms with Crippen LogP contribution in [0, 0.1) is 11.3 Å². The van der Waals surface area contributed by atoms with Gasteiger partial charge in [0.05, 0.1) is 5.92 Å². The molecule has 1 unspecified atom stereocenters. The van der Waals surface area contributed by atoms with Gasteiger partial charge in [0.1, 0.15) is 0 Å². The molecule has 1 aromatic rings. The minimum absolute atomic E-state index is 0. The third kappa shape index (κ3) is 5.46. The topological polar surface area (TPSA) is 74.0 Å². The number of rotatable bonds is 5. The van der Waals surface area contributed by atoms with Gasteiger partial charge in [0.15, 0.2) is 5.96 Å². The van der Waals surface area contributed by atoms with Crippen molar-refractivity contribution < 1.29 is 4.79 Å². The van der Waals surface area contributed by atoms with Crippen LogP contribution in [-0.2, 0) is 17.9 Å². The quantitative estimate of drug-likeness (QED) is 0.352. The van der Waals surface area contributed by atoms with E-state index in [1.54, 1.807) is 0 Å². The zero-order valence-corrected chi connectivity index (χ0v) is 20.4. The van der Waals surface area contributed by atoms with Gasteiger partial charge in [-0.1, -0.05) is 30.7 Å². The molecule has 6 nitrogen and oxygen atoms in total. The summed E-state index contributed by atoms with van der Waals surface area (Å²) in [6, 6.07) is 8.74. The molecule has 0 bridgehead atoms. The lowest BCUT2D eigenvalue weighted by molar-refractivity contribution is -0.123. The summed E-state index contributed by atoms with van der Waals surface area (Å²) >= 11 is 0. The Labute approximate surface area is 197 Å². The van der Waals surface area contributed by atoms with Crippen LogP contribution in [-0.4, -0.2) is 54.9 Å². The van der Waals surface area contributed by atoms with Crippen molar-refractivity contribution in [3.8, 4) is 0 Å². The highest BCUT2D eigenvalue weighted by Gasteiger charge is 2.43. The van der Waals surface area contributed by atoms with Gasteiger partial charge in [0, 0.05) is 39.8 Å². The summed E-state index contributed by atoms with van der Waals surface area (Å²) in [6.45, 7) is 5.75. The maximum atomic E-state index is 11.5. The first kappa shape index (κ1) is 23.3. The number of benzene rings is 1. The van der Waals surface area contributed by atoms with E-state index in [0.29, 0.717) is 5.41 Å². The Morgan fingerprint density at radius 1 is 1.23 bits per heavy atom. The number of nitrogens with zero attached hydrogens (tertiary/aromatic N) is 3. The number of nitrogens with one attached hydrogen (secondary N) is 1. The fourth-order valence-electron chi connectivity index (χ4n) is 5.24. The van der Waals surface area contributed by atoms with E-state index in [1.807, 2.05) is 7.05 Å². The fourth-order valence-corrected chi connectivity index (χ4v) is 5.24. The lowest BCUT2D eigenvalue weighted by Crippen LogP contribution is -2.42. The van der Waals surface area contributed by atoms with E-state index < -0.39 is 0 Å². The molecule has 1 atom stereocenters. The SMILES string of the molecule is CN=C(NCc1cccc(CN2CCCC(C(N)=O)C2)c1)N1CCC2(CCC2)C1.I. The summed E-state index contributed by atoms with van der Waals surface area (Å²) in [7, 11) is 1.88. The average molecular weight is 525 g/mol. The molecule has 1 spiro atoms. The summed E-state index contributed by atoms with van der Waals surface area (Å²) in [4.78, 5) is 20.8. The molecule has 0 radical (unpaired) electrons. The molecule has 3 fully saturated rings. The van der Waals surface area contributed by atoms with Crippen molar-refractivity contribution >= 4 is 35.8 Å². The van der Waals surface area contributed by atoms with Crippen molar-refractivity contribution in [1.29, 1.82) is 0 Å². The largest absolute Gasteiger partial charge is 0.369 e. The highest BCUT2D eigenvalue weighted by Crippen LogP contribution is 2.47. The standard InChI is InChI=1S/C23H35N5O.HI/c1-25-22(28-12-10-23(17-28)8-4-9-23)26-14-18-5-2-6-19(13-18)15-27-11-3-7-20(16-27)21(24)29;/h2,5-6,13,20H,3-4,7-12,14-17H2,1H3,(H2,24,29)(H,25,26);1H. The second kappa shape index (κ2) is 10.3. The van der Waals surface area contributed by atoms with Gasteiger partial charge < -0.3 is 16.0 Å². The fraction of sp³-hybridized carbons (Fsp3) is 0.652. The van der Waals surface area contributed by atoms with Gasteiger partial charge in [0.2, 0.25) is 5.91 Å². The molecule has 2 aliphatic heterocycles. The van der Waals surface area contributed by atoms with Crippen molar-refractivity contribution in [2.75, 3.05) is 33.2 Å². The predicted octanol–water partition coefficient (Wildman–Crippen LogP) is 2.95. The summed E-state index contributed by atoms with van der Waals surface area (Å²) in [5, 5.41) is 3.57. The van der Waals surface area contributed by atoms with E-state index in [-0.39, 0.29) is 35.8 Å². The van der Waals surface area contributed by atoms with Crippen LogP contribution in [0.2, 0.25) is 0 Å². The van der Waals surface area contributed by atoms with Crippen LogP contribution in [0.1, 0.15) is 49.7 Å². The molecule has 166 valence electrons. The number of halogens is 1. The molecular formula is C23H36IN5O. The molecule has 1 aromatic carbocycles. The first-order chi connectivity index (χ1) is 14.1. The predicted molar refractivity (Wildman–Crippen MR) is 132 cm³/mol. The molecule has 7 heteroatoms. The summed E-state index contributed by atoms with van der Waals surface area (Å²) in [6.07, 6.45) is 7.44. The van der Waals surface area contributed by atoms with Crippen LogP contribution < -0.4 is 11.1 Å². The summed E-state index contributed by atoms with van der Waals surface area (Å²) in [5.41, 5.74) is 8.66. The van der Waals surface area contributed by atoms with Crippen molar-refractivity contribution in [2.24, 2.45) is 22.1 Å². The van der Waals surface area contributed by atoms with Crippen LogP contribution in [0.4, 0.5) is 0 Å². The van der Waals surface area contributed by atoms with Crippen LogP contribution in [0.3, 0.4) is 0 Å². The highest BCUT2D eigenvalue weighted by molar-refractivity contribution is 14.0. The molecule has 2 saturated heterocycles. The van der Waals surface area contributed by atoms with E-state index in [2.05, 4.69) is 44.4 Å². The first-order valence-electron chi connectivity index (χ1n) is 11.1. The minimum atomic E-state index is -0.162. The zero-order valence-electron chi connectivity index (χ0n) is 18.1. The Morgan fingerprint density at radius 3 is 2.70 bits per heavy atom. The molecule has 2 heterocycles. The molecule has 1 saturated carbocycles. The van der Waals surface area contributed by atoms with Crippen LogP contribution in [0.15, 0.2) is 29.3 Å². The monoisotopic (exact) mass is 525 g/mol. The van der Waals surface area contributed by atoms with E-state index >= 15 is 0 Å². The Bertz CT molecular complexity index is 764. The van der Waals surface area contributed by atoms with Crippen LogP contribution in [0.5, 0.6) is 0 Å². The Balaban J connectivity index is 0.00000256. The zero-order chi connectivity index (χ0) is 20.3. The molecule has 4 rings (SSSR count). The van der Waals surface area contributed by atoms with Gasteiger partial charge in [-0.25, -0.2) is 0 Å². The number of nitrogens with two attached hydrogens (primary N) is 1. The second-order valence-electron chi connectivity index (χ2n) is 9.22. The van der Waals surface area contributed by atoms with E-state index in [9.17, 15) is 4.79 Å². The van der Waals surface area contributed by atoms with Gasteiger partial charge >= 0.3 is 0 Å². The molecule has 1 amide bonds. The van der Waals surface area contributed by atoms with Gasteiger partial charge in [-0.3, -0.25) is 14.7 Å². The number of piperidine rings is 1. The first-order valence-corrected chi connectivity index (χ1v) is 11.1. The number of primary amides is 1. The molecule has 3 aliphatic rings. The van der Waals surface area contributed by atoms with Crippen molar-refractivity contribution in [1.82, 2.24) is 15.1 Å². The lowest BCUT2D eigenvalue weighted by atomic mass is 9.68. The number of carbonyl (C=O) groups excluding carboxylic acids is 1. The minimum Gasteiger partial charge on any atom is -0.369 e. The van der Waals surface area contributed by atoms with Gasteiger partial charge in [-0.15, -0.1) is 24.0 Å². The van der Waals surface area contributed by atoms with Crippen molar-refractivity contribution in [2.45, 2.75) is 51.6 Å². The maximum Gasteiger partial charge on any atom is 0.221 e. The molecule has 0 aromatic heterocycles. The Hall–Kier alpha value is -1.35. The summed E-state index contributed by atoms with van der Waals surface area (Å²) < 4.78 is 0. The van der Waals surface area contributed by atoms with E-state index in [4.69, 9.17) is 5.73 Å². The van der Waals surface area contributed by atoms with Crippen molar-refractivity contribution in [3.05, 3.63) is 35.4 Å². The number of likely N-dealkylation sites (tertiary alicyclic amines) is 2. The third-order valence-electron chi connectivity index (χ3n) is 7.12. The highest BCUT2D eigenvalue weighted by atomic mass is 127. The van der Waals surface area contributed by atoms with E-state index in [0.717, 1.165) is 58.1 Å². The van der Waals surface area contributed by atoms with E-state index in [1.165, 1.54) is 36.8 Å². The maximum absolute atomic E-state index is 11.5. The Kier molecular flexibility index (Phi) is 8.01. The average Bonchev–Trinajstić information content (AvgIpc) is 3.15. The van der Waals surface area contributed by atoms with Gasteiger partial charge in [0.25, 0.3) is 0 Å². The third-order valence-corrected chi connectivity index (χ3v) is 7.12. The number of carbonyl (C=O) groups is 1. The number of guanidine groups is 1. The molecular weight excluding hydrogens is 489 g/mol. The normalized spacial score (nSPS) is 23.7. The second-order valence-corrected chi connectivity index (χ2v) is 9.22. The number of amides is 1. The smallest absolute Gasteiger partial charge is 0.221 e. The number of aliphatic imine (C=N–C) groups is 1. The van der Waals surface area contributed by atoms with Gasteiger partial charge in [-0.05, 0) is 55.2 Å². The molecule has 3 N–H and O–H groups in total. The number of hydrogen-bond donors (Lipinski definition) is 2. The molecule has 1 aliphatic carbocycles.